The molecule has 0 radical (unpaired) electrons. The quantitative estimate of drug-likeness (QED) is 0.594. The van der Waals surface area contributed by atoms with Gasteiger partial charge in [-0.25, -0.2) is 0 Å². The van der Waals surface area contributed by atoms with Gasteiger partial charge in [-0.1, -0.05) is 0 Å². The number of piperidine rings is 1. The smallest absolute Gasteiger partial charge is 0.358 e. The lowest BCUT2D eigenvalue weighted by Crippen LogP contribution is -2.49. The lowest BCUT2D eigenvalue weighted by molar-refractivity contribution is -0.388. The Bertz CT molecular complexity index is 536. The van der Waals surface area contributed by atoms with Crippen molar-refractivity contribution in [2.45, 2.75) is 25.6 Å². The molecule has 8 heteroatoms. The maximum Gasteiger partial charge on any atom is 0.406 e. The van der Waals surface area contributed by atoms with E-state index in [1.165, 1.54) is 0 Å². The molecule has 0 aromatic carbocycles. The van der Waals surface area contributed by atoms with Crippen LogP contribution in [0, 0.1) is 17.0 Å². The minimum absolute atomic E-state index is 0.0972. The maximum atomic E-state index is 11.2. The van der Waals surface area contributed by atoms with Crippen molar-refractivity contribution in [1.82, 2.24) is 9.55 Å². The predicted molar refractivity (Wildman–Crippen MR) is 70.7 cm³/mol. The van der Waals surface area contributed by atoms with Gasteiger partial charge < -0.3 is 24.5 Å². The summed E-state index contributed by atoms with van der Waals surface area (Å²) in [5, 5.41) is 11.2. The SMILES string of the molecule is Cc1nc([N+](=O)[O-])c(N2CCCC3(C2)OCCO3)n1C. The third-order valence-electron chi connectivity index (χ3n) is 3.97. The summed E-state index contributed by atoms with van der Waals surface area (Å²) in [6, 6.07) is 0. The molecule has 1 spiro atoms. The Morgan fingerprint density at radius 1 is 1.40 bits per heavy atom. The van der Waals surface area contributed by atoms with E-state index in [0.717, 1.165) is 19.4 Å². The molecule has 2 aliphatic heterocycles. The third-order valence-corrected chi connectivity index (χ3v) is 3.97. The minimum Gasteiger partial charge on any atom is -0.358 e. The van der Waals surface area contributed by atoms with Gasteiger partial charge in [-0.05, 0) is 16.3 Å². The molecule has 0 N–H and O–H groups in total. The summed E-state index contributed by atoms with van der Waals surface area (Å²) in [6.07, 6.45) is 1.70. The number of hydrogen-bond donors (Lipinski definition) is 0. The number of aromatic nitrogens is 2. The molecule has 2 saturated heterocycles. The third kappa shape index (κ3) is 2.04. The van der Waals surface area contributed by atoms with E-state index in [-0.39, 0.29) is 5.82 Å². The molecule has 1 aromatic rings. The molecule has 110 valence electrons. The molecule has 3 rings (SSSR count). The van der Waals surface area contributed by atoms with Gasteiger partial charge in [0.05, 0.1) is 19.8 Å². The van der Waals surface area contributed by atoms with Crippen LogP contribution < -0.4 is 4.90 Å². The molecule has 0 unspecified atom stereocenters. The van der Waals surface area contributed by atoms with Crippen molar-refractivity contribution in [3.8, 4) is 0 Å². The first kappa shape index (κ1) is 13.3. The average Bonchev–Trinajstić information content (AvgIpc) is 2.96. The van der Waals surface area contributed by atoms with Crippen molar-refractivity contribution in [2.24, 2.45) is 7.05 Å². The summed E-state index contributed by atoms with van der Waals surface area (Å²) in [5.74, 6) is 0.454. The summed E-state index contributed by atoms with van der Waals surface area (Å²) in [4.78, 5) is 16.7. The highest BCUT2D eigenvalue weighted by Gasteiger charge is 2.43. The zero-order valence-corrected chi connectivity index (χ0v) is 11.7. The predicted octanol–water partition coefficient (Wildman–Crippen LogP) is 0.980. The Morgan fingerprint density at radius 2 is 2.10 bits per heavy atom. The van der Waals surface area contributed by atoms with E-state index < -0.39 is 10.7 Å². The second kappa shape index (κ2) is 4.71. The lowest BCUT2D eigenvalue weighted by atomic mass is 10.0. The van der Waals surface area contributed by atoms with Crippen LogP contribution in [-0.2, 0) is 16.5 Å². The topological polar surface area (TPSA) is 82.7 Å². The number of anilines is 1. The van der Waals surface area contributed by atoms with Crippen LogP contribution in [0.2, 0.25) is 0 Å². The number of ether oxygens (including phenoxy) is 2. The largest absolute Gasteiger partial charge is 0.406 e. The summed E-state index contributed by atoms with van der Waals surface area (Å²) >= 11 is 0. The fourth-order valence-electron chi connectivity index (χ4n) is 2.96. The van der Waals surface area contributed by atoms with Crippen LogP contribution in [0.1, 0.15) is 18.7 Å². The van der Waals surface area contributed by atoms with Gasteiger partial charge in [0.15, 0.2) is 5.79 Å². The second-order valence-corrected chi connectivity index (χ2v) is 5.26. The van der Waals surface area contributed by atoms with Gasteiger partial charge in [0.2, 0.25) is 11.6 Å². The molecule has 0 bridgehead atoms. The summed E-state index contributed by atoms with van der Waals surface area (Å²) in [5.41, 5.74) is 0. The summed E-state index contributed by atoms with van der Waals surface area (Å²) < 4.78 is 13.2. The molecule has 8 nitrogen and oxygen atoms in total. The van der Waals surface area contributed by atoms with Crippen LogP contribution in [0.3, 0.4) is 0 Å². The second-order valence-electron chi connectivity index (χ2n) is 5.26. The van der Waals surface area contributed by atoms with Crippen LogP contribution in [0.5, 0.6) is 0 Å². The molecule has 2 fully saturated rings. The highest BCUT2D eigenvalue weighted by molar-refractivity contribution is 5.56. The Labute approximate surface area is 116 Å². The Kier molecular flexibility index (Phi) is 3.14. The number of nitro groups is 1. The summed E-state index contributed by atoms with van der Waals surface area (Å²) in [6.45, 7) is 4.18. The van der Waals surface area contributed by atoms with E-state index in [1.54, 1.807) is 18.5 Å². The molecule has 3 heterocycles. The fourth-order valence-corrected chi connectivity index (χ4v) is 2.96. The molecule has 0 amide bonds. The van der Waals surface area contributed by atoms with Crippen LogP contribution in [0.25, 0.3) is 0 Å². The number of aryl methyl sites for hydroxylation is 1. The monoisotopic (exact) mass is 282 g/mol. The normalized spacial score (nSPS) is 21.6. The first-order valence-corrected chi connectivity index (χ1v) is 6.73. The average molecular weight is 282 g/mol. The van der Waals surface area contributed by atoms with Crippen molar-refractivity contribution < 1.29 is 14.4 Å². The molecular weight excluding hydrogens is 264 g/mol. The highest BCUT2D eigenvalue weighted by Crippen LogP contribution is 2.36. The van der Waals surface area contributed by atoms with Gasteiger partial charge in [-0.15, -0.1) is 0 Å². The maximum absolute atomic E-state index is 11.2. The highest BCUT2D eigenvalue weighted by atomic mass is 16.7. The van der Waals surface area contributed by atoms with Gasteiger partial charge in [0.25, 0.3) is 0 Å². The Balaban J connectivity index is 1.94. The van der Waals surface area contributed by atoms with Crippen molar-refractivity contribution >= 4 is 11.6 Å². The van der Waals surface area contributed by atoms with Gasteiger partial charge in [0, 0.05) is 26.9 Å². The molecular formula is C12H18N4O4. The fraction of sp³-hybridized carbons (Fsp3) is 0.750. The van der Waals surface area contributed by atoms with Gasteiger partial charge in [0.1, 0.15) is 0 Å². The first-order chi connectivity index (χ1) is 9.52. The Hall–Kier alpha value is -1.67. The number of imidazole rings is 1. The van der Waals surface area contributed by atoms with E-state index in [1.807, 2.05) is 4.90 Å². The minimum atomic E-state index is -0.607. The zero-order valence-electron chi connectivity index (χ0n) is 11.7. The van der Waals surface area contributed by atoms with E-state index in [9.17, 15) is 10.1 Å². The molecule has 0 saturated carbocycles. The van der Waals surface area contributed by atoms with Crippen LogP contribution in [-0.4, -0.2) is 46.6 Å². The molecule has 2 aliphatic rings. The van der Waals surface area contributed by atoms with Crippen LogP contribution in [0.4, 0.5) is 11.6 Å². The molecule has 0 aliphatic carbocycles. The van der Waals surface area contributed by atoms with E-state index in [4.69, 9.17) is 9.47 Å². The van der Waals surface area contributed by atoms with Crippen molar-refractivity contribution in [2.75, 3.05) is 31.2 Å². The molecule has 1 aromatic heterocycles. The summed E-state index contributed by atoms with van der Waals surface area (Å²) in [7, 11) is 1.79. The standard InChI is InChI=1S/C12H18N4O4/c1-9-13-10(16(17)18)11(14(9)2)15-5-3-4-12(8-15)19-6-7-20-12/h3-8H2,1-2H3. The molecule has 20 heavy (non-hydrogen) atoms. The Morgan fingerprint density at radius 3 is 2.75 bits per heavy atom. The van der Waals surface area contributed by atoms with E-state index in [2.05, 4.69) is 4.98 Å². The first-order valence-electron chi connectivity index (χ1n) is 6.73. The number of nitrogens with zero attached hydrogens (tertiary/aromatic N) is 4. The van der Waals surface area contributed by atoms with Crippen molar-refractivity contribution in [1.29, 1.82) is 0 Å². The van der Waals surface area contributed by atoms with Crippen LogP contribution in [0.15, 0.2) is 0 Å². The number of rotatable bonds is 2. The van der Waals surface area contributed by atoms with E-state index >= 15 is 0 Å². The zero-order chi connectivity index (χ0) is 14.3. The molecule has 0 atom stereocenters. The van der Waals surface area contributed by atoms with E-state index in [0.29, 0.717) is 31.4 Å². The number of hydrogen-bond acceptors (Lipinski definition) is 6. The van der Waals surface area contributed by atoms with Gasteiger partial charge in [-0.3, -0.25) is 4.57 Å². The lowest BCUT2D eigenvalue weighted by Gasteiger charge is -2.39. The van der Waals surface area contributed by atoms with Gasteiger partial charge >= 0.3 is 5.82 Å². The van der Waals surface area contributed by atoms with Crippen molar-refractivity contribution in [3.05, 3.63) is 15.9 Å². The van der Waals surface area contributed by atoms with Crippen molar-refractivity contribution in [3.63, 3.8) is 0 Å². The van der Waals surface area contributed by atoms with Gasteiger partial charge in [-0.2, -0.15) is 0 Å². The van der Waals surface area contributed by atoms with Crippen LogP contribution >= 0.6 is 0 Å².